The molecule has 1 aliphatic heterocycles. The minimum Gasteiger partial charge on any atom is -0.400 e. The first-order valence-electron chi connectivity index (χ1n) is 8.40. The Bertz CT molecular complexity index is 862. The predicted molar refractivity (Wildman–Crippen MR) is 101 cm³/mol. The van der Waals surface area contributed by atoms with Crippen LogP contribution in [0.25, 0.3) is 11.7 Å². The molecule has 1 fully saturated rings. The van der Waals surface area contributed by atoms with Crippen molar-refractivity contribution in [3.63, 3.8) is 0 Å². The van der Waals surface area contributed by atoms with Gasteiger partial charge in [-0.05, 0) is 51.4 Å². The first-order chi connectivity index (χ1) is 12.1. The number of hydrogen-bond donors (Lipinski definition) is 1. The van der Waals surface area contributed by atoms with Crippen molar-refractivity contribution in [1.29, 1.82) is 0 Å². The smallest absolute Gasteiger partial charge is 0.400 e. The van der Waals surface area contributed by atoms with Crippen LogP contribution < -0.4 is 5.32 Å². The van der Waals surface area contributed by atoms with Crippen LogP contribution in [0.5, 0.6) is 0 Å². The SMILES string of the molecule is CC(=O)NCC(=Cc1cnc2ccc(Cl)nn12)B1OC(C)(C)C(C)(C)O1. The van der Waals surface area contributed by atoms with Crippen molar-refractivity contribution in [2.24, 2.45) is 0 Å². The molecule has 3 rings (SSSR count). The zero-order valence-corrected chi connectivity index (χ0v) is 16.3. The highest BCUT2D eigenvalue weighted by Crippen LogP contribution is 2.38. The summed E-state index contributed by atoms with van der Waals surface area (Å²) in [6, 6.07) is 3.47. The summed E-state index contributed by atoms with van der Waals surface area (Å²) in [4.78, 5) is 15.7. The van der Waals surface area contributed by atoms with Crippen LogP contribution in [0.3, 0.4) is 0 Å². The number of fused-ring (bicyclic) bond motifs is 1. The lowest BCUT2D eigenvalue weighted by Gasteiger charge is -2.32. The third-order valence-electron chi connectivity index (χ3n) is 4.79. The largest absolute Gasteiger partial charge is 0.492 e. The van der Waals surface area contributed by atoms with Gasteiger partial charge < -0.3 is 14.6 Å². The Morgan fingerprint density at radius 1 is 1.31 bits per heavy atom. The first kappa shape index (κ1) is 18.9. The maximum Gasteiger partial charge on any atom is 0.492 e. The van der Waals surface area contributed by atoms with E-state index in [2.05, 4.69) is 15.4 Å². The highest BCUT2D eigenvalue weighted by atomic mass is 35.5. The Hall–Kier alpha value is -1.90. The van der Waals surface area contributed by atoms with Crippen LogP contribution in [-0.2, 0) is 14.1 Å². The summed E-state index contributed by atoms with van der Waals surface area (Å²) in [6.07, 6.45) is 3.55. The molecular weight excluding hydrogens is 354 g/mol. The van der Waals surface area contributed by atoms with Crippen LogP contribution >= 0.6 is 11.6 Å². The Balaban J connectivity index is 1.99. The second-order valence-electron chi connectivity index (χ2n) is 7.33. The number of rotatable bonds is 4. The molecule has 0 bridgehead atoms. The van der Waals surface area contributed by atoms with Crippen LogP contribution in [0.2, 0.25) is 5.15 Å². The predicted octanol–water partition coefficient (Wildman–Crippen LogP) is 2.53. The molecule has 0 spiro atoms. The van der Waals surface area contributed by atoms with Crippen molar-refractivity contribution in [1.82, 2.24) is 19.9 Å². The van der Waals surface area contributed by atoms with Gasteiger partial charge in [-0.1, -0.05) is 11.6 Å². The van der Waals surface area contributed by atoms with E-state index in [0.717, 1.165) is 11.2 Å². The van der Waals surface area contributed by atoms with Crippen molar-refractivity contribution in [3.05, 3.63) is 34.6 Å². The minimum atomic E-state index is -0.586. The lowest BCUT2D eigenvalue weighted by Crippen LogP contribution is -2.41. The maximum absolute atomic E-state index is 11.4. The van der Waals surface area contributed by atoms with E-state index < -0.39 is 18.3 Å². The quantitative estimate of drug-likeness (QED) is 0.830. The Kier molecular flexibility index (Phi) is 4.85. The summed E-state index contributed by atoms with van der Waals surface area (Å²) in [5.74, 6) is -0.133. The fourth-order valence-corrected chi connectivity index (χ4v) is 2.72. The summed E-state index contributed by atoms with van der Waals surface area (Å²) < 4.78 is 13.9. The molecule has 138 valence electrons. The normalized spacial score (nSPS) is 19.2. The number of nitrogens with one attached hydrogen (secondary N) is 1. The van der Waals surface area contributed by atoms with E-state index in [1.54, 1.807) is 22.8 Å². The van der Waals surface area contributed by atoms with Crippen molar-refractivity contribution in [3.8, 4) is 0 Å². The molecular formula is C17H22BClN4O3. The first-order valence-corrected chi connectivity index (χ1v) is 8.78. The van der Waals surface area contributed by atoms with E-state index in [0.29, 0.717) is 17.3 Å². The average molecular weight is 377 g/mol. The standard InChI is InChI=1S/C17H22BClN4O3/c1-11(24)20-9-12(18-25-16(2,3)17(4,5)26-18)8-13-10-21-15-7-6-14(19)22-23(13)15/h6-8,10H,9H2,1-5H3,(H,20,24). The zero-order valence-electron chi connectivity index (χ0n) is 15.5. The molecule has 26 heavy (non-hydrogen) atoms. The van der Waals surface area contributed by atoms with E-state index in [1.807, 2.05) is 33.8 Å². The molecule has 1 aliphatic rings. The van der Waals surface area contributed by atoms with Crippen LogP contribution in [0, 0.1) is 0 Å². The molecule has 1 amide bonds. The van der Waals surface area contributed by atoms with Crippen LogP contribution in [-0.4, -0.2) is 45.4 Å². The van der Waals surface area contributed by atoms with Gasteiger partial charge >= 0.3 is 7.12 Å². The second-order valence-corrected chi connectivity index (χ2v) is 7.71. The van der Waals surface area contributed by atoms with Crippen LogP contribution in [0.15, 0.2) is 23.8 Å². The van der Waals surface area contributed by atoms with Gasteiger partial charge in [-0.3, -0.25) is 4.79 Å². The van der Waals surface area contributed by atoms with Crippen LogP contribution in [0.1, 0.15) is 40.3 Å². The third kappa shape index (κ3) is 3.63. The summed E-state index contributed by atoms with van der Waals surface area (Å²) in [5.41, 5.74) is 1.20. The molecule has 0 saturated carbocycles. The van der Waals surface area contributed by atoms with Crippen molar-refractivity contribution >= 4 is 36.3 Å². The highest BCUT2D eigenvalue weighted by molar-refractivity contribution is 6.56. The minimum absolute atomic E-state index is 0.133. The van der Waals surface area contributed by atoms with Gasteiger partial charge in [0.05, 0.1) is 23.1 Å². The van der Waals surface area contributed by atoms with Gasteiger partial charge in [0.1, 0.15) is 5.15 Å². The lowest BCUT2D eigenvalue weighted by atomic mass is 9.77. The third-order valence-corrected chi connectivity index (χ3v) is 4.99. The monoisotopic (exact) mass is 376 g/mol. The van der Waals surface area contributed by atoms with E-state index >= 15 is 0 Å². The fourth-order valence-electron chi connectivity index (χ4n) is 2.58. The molecule has 0 aromatic carbocycles. The number of amides is 1. The number of aromatic nitrogens is 3. The van der Waals surface area contributed by atoms with E-state index in [-0.39, 0.29) is 5.91 Å². The molecule has 2 aromatic rings. The summed E-state index contributed by atoms with van der Waals surface area (Å²) in [7, 11) is -0.586. The fraction of sp³-hybridized carbons (Fsp3) is 0.471. The molecule has 3 heterocycles. The van der Waals surface area contributed by atoms with Gasteiger partial charge in [0.25, 0.3) is 0 Å². The van der Waals surface area contributed by atoms with Gasteiger partial charge in [0.2, 0.25) is 5.91 Å². The average Bonchev–Trinajstić information content (AvgIpc) is 3.01. The molecule has 1 saturated heterocycles. The Morgan fingerprint density at radius 2 is 1.96 bits per heavy atom. The van der Waals surface area contributed by atoms with E-state index in [1.165, 1.54) is 6.92 Å². The van der Waals surface area contributed by atoms with Crippen molar-refractivity contribution in [2.45, 2.75) is 45.8 Å². The molecule has 0 aliphatic carbocycles. The molecule has 9 heteroatoms. The molecule has 0 unspecified atom stereocenters. The van der Waals surface area contributed by atoms with Crippen molar-refractivity contribution < 1.29 is 14.1 Å². The molecule has 0 radical (unpaired) electrons. The Morgan fingerprint density at radius 3 is 2.58 bits per heavy atom. The van der Waals surface area contributed by atoms with Gasteiger partial charge in [-0.25, -0.2) is 9.50 Å². The number of carbonyl (C=O) groups is 1. The number of imidazole rings is 1. The number of nitrogens with zero attached hydrogens (tertiary/aromatic N) is 3. The number of carbonyl (C=O) groups excluding carboxylic acids is 1. The summed E-state index contributed by atoms with van der Waals surface area (Å²) in [6.45, 7) is 9.70. The number of halogens is 1. The van der Waals surface area contributed by atoms with Gasteiger partial charge in [-0.15, -0.1) is 0 Å². The molecule has 1 N–H and O–H groups in total. The van der Waals surface area contributed by atoms with Crippen LogP contribution in [0.4, 0.5) is 0 Å². The number of hydrogen-bond acceptors (Lipinski definition) is 5. The van der Waals surface area contributed by atoms with Gasteiger partial charge in [0.15, 0.2) is 5.65 Å². The molecule has 0 atom stereocenters. The van der Waals surface area contributed by atoms with E-state index in [9.17, 15) is 4.79 Å². The topological polar surface area (TPSA) is 77.8 Å². The maximum atomic E-state index is 11.4. The zero-order chi connectivity index (χ0) is 19.1. The van der Waals surface area contributed by atoms with E-state index in [4.69, 9.17) is 20.9 Å². The lowest BCUT2D eigenvalue weighted by molar-refractivity contribution is -0.118. The summed E-state index contributed by atoms with van der Waals surface area (Å²) in [5, 5.41) is 7.44. The van der Waals surface area contributed by atoms with Crippen molar-refractivity contribution in [2.75, 3.05) is 6.54 Å². The summed E-state index contributed by atoms with van der Waals surface area (Å²) >= 11 is 6.00. The van der Waals surface area contributed by atoms with Gasteiger partial charge in [-0.2, -0.15) is 5.10 Å². The molecule has 2 aromatic heterocycles. The Labute approximate surface area is 157 Å². The van der Waals surface area contributed by atoms with Gasteiger partial charge in [0, 0.05) is 13.5 Å². The second kappa shape index (κ2) is 6.68. The highest BCUT2D eigenvalue weighted by Gasteiger charge is 2.52. The molecule has 7 nitrogen and oxygen atoms in total.